The summed E-state index contributed by atoms with van der Waals surface area (Å²) in [4.78, 5) is 45.9. The zero-order valence-electron chi connectivity index (χ0n) is 27.5. The number of amides is 2. The van der Waals surface area contributed by atoms with Gasteiger partial charge < -0.3 is 5.32 Å². The summed E-state index contributed by atoms with van der Waals surface area (Å²) in [5.74, 6) is 0.988. The van der Waals surface area contributed by atoms with Gasteiger partial charge in [-0.3, -0.25) is 19.2 Å². The smallest absolute Gasteiger partial charge is 0.251 e. The number of nitrogens with one attached hydrogen (secondary N) is 1. The van der Waals surface area contributed by atoms with Crippen molar-refractivity contribution in [3.63, 3.8) is 0 Å². The van der Waals surface area contributed by atoms with Crippen molar-refractivity contribution in [3.05, 3.63) is 11.6 Å². The van der Waals surface area contributed by atoms with Gasteiger partial charge >= 0.3 is 0 Å². The molecule has 4 saturated carbocycles. The summed E-state index contributed by atoms with van der Waals surface area (Å²) in [6.07, 6.45) is 11.0. The molecule has 5 aliphatic rings. The van der Waals surface area contributed by atoms with Crippen molar-refractivity contribution in [2.75, 3.05) is 13.7 Å². The van der Waals surface area contributed by atoms with Gasteiger partial charge in [-0.2, -0.15) is 0 Å². The SMILES string of the molecule is CCON(C)C(=O)[C@@]1(C)CC[C@]2(C)CC[C@]3(C)C(=CC(=O)[C@@H]4[C@@]5(C)CC[C@H](NC(C)=O)C(C)(C)C5CC[C@]43C)[C@@H]2C1. The molecule has 5 aliphatic carbocycles. The Morgan fingerprint density at radius 1 is 0.976 bits per heavy atom. The fourth-order valence-corrected chi connectivity index (χ4v) is 11.5. The summed E-state index contributed by atoms with van der Waals surface area (Å²) >= 11 is 0. The topological polar surface area (TPSA) is 75.7 Å². The first-order chi connectivity index (χ1) is 18.9. The molecule has 0 aromatic heterocycles. The Bertz CT molecular complexity index is 1160. The summed E-state index contributed by atoms with van der Waals surface area (Å²) in [5, 5.41) is 4.71. The average Bonchev–Trinajstić information content (AvgIpc) is 2.87. The Kier molecular flexibility index (Phi) is 7.24. The van der Waals surface area contributed by atoms with Gasteiger partial charge in [-0.15, -0.1) is 0 Å². The van der Waals surface area contributed by atoms with Gasteiger partial charge in [0.15, 0.2) is 5.78 Å². The molecule has 6 heteroatoms. The molecule has 5 rings (SSSR count). The minimum Gasteiger partial charge on any atom is -0.353 e. The summed E-state index contributed by atoms with van der Waals surface area (Å²) in [5.41, 5.74) is 0.566. The molecule has 2 amide bonds. The monoisotopic (exact) mass is 568 g/mol. The Morgan fingerprint density at radius 2 is 1.63 bits per heavy atom. The lowest BCUT2D eigenvalue weighted by atomic mass is 9.33. The minimum absolute atomic E-state index is 0.0231. The number of ketones is 1. The number of carbonyl (C=O) groups excluding carboxylic acids is 3. The van der Waals surface area contributed by atoms with Crippen molar-refractivity contribution < 1.29 is 19.2 Å². The predicted octanol–water partition coefficient (Wildman–Crippen LogP) is 6.88. The molecule has 0 heterocycles. The first-order valence-corrected chi connectivity index (χ1v) is 16.3. The number of carbonyl (C=O) groups is 3. The second-order valence-corrected chi connectivity index (χ2v) is 16.6. The normalized spacial score (nSPS) is 46.7. The van der Waals surface area contributed by atoms with Crippen LogP contribution < -0.4 is 5.32 Å². The molecule has 1 unspecified atom stereocenters. The molecule has 0 aromatic rings. The third-order valence-corrected chi connectivity index (χ3v) is 14.1. The van der Waals surface area contributed by atoms with Crippen LogP contribution in [0.3, 0.4) is 0 Å². The van der Waals surface area contributed by atoms with E-state index in [2.05, 4.69) is 59.9 Å². The molecule has 0 saturated heterocycles. The van der Waals surface area contributed by atoms with Crippen molar-refractivity contribution in [1.29, 1.82) is 0 Å². The molecule has 4 fully saturated rings. The molecule has 0 spiro atoms. The fourth-order valence-electron chi connectivity index (χ4n) is 11.5. The first-order valence-electron chi connectivity index (χ1n) is 16.3. The highest BCUT2D eigenvalue weighted by Crippen LogP contribution is 2.75. The van der Waals surface area contributed by atoms with Crippen LogP contribution >= 0.6 is 0 Å². The van der Waals surface area contributed by atoms with Crippen molar-refractivity contribution in [3.8, 4) is 0 Å². The Labute approximate surface area is 248 Å². The summed E-state index contributed by atoms with van der Waals surface area (Å²) < 4.78 is 0. The highest BCUT2D eigenvalue weighted by atomic mass is 16.7. The number of hydrogen-bond donors (Lipinski definition) is 1. The van der Waals surface area contributed by atoms with E-state index < -0.39 is 5.41 Å². The van der Waals surface area contributed by atoms with Crippen molar-refractivity contribution >= 4 is 17.6 Å². The van der Waals surface area contributed by atoms with E-state index in [-0.39, 0.29) is 56.8 Å². The standard InChI is InChI=1S/C35H56N2O4/c1-11-41-37(10)29(40)32(6)17-16-31(5)18-19-34(8)23(24(31)21-32)20-25(39)28-33(7)14-13-27(36-22(2)38)30(3,4)26(33)12-15-35(28,34)9/h20,24,26-28H,11-19,21H2,1-10H3,(H,36,38)/t24-,26?,27-,28+,31+,32-,33-,34+,35+/m0/s1. The number of hydroxylamine groups is 2. The minimum atomic E-state index is -0.496. The van der Waals surface area contributed by atoms with Gasteiger partial charge in [-0.25, -0.2) is 5.06 Å². The maximum atomic E-state index is 14.6. The van der Waals surface area contributed by atoms with E-state index in [0.717, 1.165) is 57.8 Å². The van der Waals surface area contributed by atoms with Crippen LogP contribution in [-0.2, 0) is 19.2 Å². The van der Waals surface area contributed by atoms with Crippen LogP contribution in [0.5, 0.6) is 0 Å². The fraction of sp³-hybridized carbons (Fsp3) is 0.857. The summed E-state index contributed by atoms with van der Waals surface area (Å²) in [6, 6.07) is 0.144. The first kappa shape index (κ1) is 30.8. The highest BCUT2D eigenvalue weighted by Gasteiger charge is 2.70. The zero-order valence-corrected chi connectivity index (χ0v) is 27.5. The van der Waals surface area contributed by atoms with E-state index in [9.17, 15) is 14.4 Å². The van der Waals surface area contributed by atoms with Crippen LogP contribution in [0.25, 0.3) is 0 Å². The van der Waals surface area contributed by atoms with Gasteiger partial charge in [-0.05, 0) is 110 Å². The van der Waals surface area contributed by atoms with Crippen LogP contribution in [0.1, 0.15) is 120 Å². The lowest BCUT2D eigenvalue weighted by molar-refractivity contribution is -0.197. The van der Waals surface area contributed by atoms with E-state index in [1.807, 2.05) is 6.92 Å². The molecular weight excluding hydrogens is 512 g/mol. The molecular formula is C35H56N2O4. The van der Waals surface area contributed by atoms with E-state index in [4.69, 9.17) is 4.84 Å². The van der Waals surface area contributed by atoms with Crippen molar-refractivity contribution in [2.24, 2.45) is 50.2 Å². The van der Waals surface area contributed by atoms with E-state index in [1.165, 1.54) is 10.6 Å². The molecule has 1 N–H and O–H groups in total. The van der Waals surface area contributed by atoms with Gasteiger partial charge in [0.05, 0.1) is 6.61 Å². The molecule has 0 aromatic carbocycles. The van der Waals surface area contributed by atoms with Gasteiger partial charge in [0.25, 0.3) is 5.91 Å². The van der Waals surface area contributed by atoms with E-state index in [1.54, 1.807) is 14.0 Å². The van der Waals surface area contributed by atoms with Crippen LogP contribution in [0.15, 0.2) is 11.6 Å². The third kappa shape index (κ3) is 4.23. The van der Waals surface area contributed by atoms with Crippen LogP contribution in [0, 0.1) is 50.2 Å². The molecule has 9 atom stereocenters. The van der Waals surface area contributed by atoms with Gasteiger partial charge in [0, 0.05) is 31.3 Å². The van der Waals surface area contributed by atoms with Gasteiger partial charge in [-0.1, -0.05) is 54.0 Å². The molecule has 0 radical (unpaired) electrons. The zero-order chi connectivity index (χ0) is 30.4. The Hall–Kier alpha value is -1.69. The van der Waals surface area contributed by atoms with Crippen LogP contribution in [0.2, 0.25) is 0 Å². The van der Waals surface area contributed by atoms with Crippen molar-refractivity contribution in [1.82, 2.24) is 10.4 Å². The maximum absolute atomic E-state index is 14.6. The quantitative estimate of drug-likeness (QED) is 0.375. The molecule has 0 bridgehead atoms. The molecule has 230 valence electrons. The second-order valence-electron chi connectivity index (χ2n) is 16.6. The third-order valence-electron chi connectivity index (χ3n) is 14.1. The summed E-state index contributed by atoms with van der Waals surface area (Å²) in [7, 11) is 1.74. The maximum Gasteiger partial charge on any atom is 0.251 e. The van der Waals surface area contributed by atoms with Crippen LogP contribution in [0.4, 0.5) is 0 Å². The van der Waals surface area contributed by atoms with Gasteiger partial charge in [0.2, 0.25) is 5.91 Å². The average molecular weight is 569 g/mol. The summed E-state index contributed by atoms with van der Waals surface area (Å²) in [6.45, 7) is 20.5. The highest BCUT2D eigenvalue weighted by molar-refractivity contribution is 5.95. The largest absolute Gasteiger partial charge is 0.353 e. The second kappa shape index (κ2) is 9.66. The molecule has 0 aliphatic heterocycles. The Balaban J connectivity index is 1.54. The number of rotatable bonds is 4. The predicted molar refractivity (Wildman–Crippen MR) is 161 cm³/mol. The van der Waals surface area contributed by atoms with E-state index >= 15 is 0 Å². The number of nitrogens with zero attached hydrogens (tertiary/aromatic N) is 1. The lowest BCUT2D eigenvalue weighted by Gasteiger charge is -2.70. The molecule has 41 heavy (non-hydrogen) atoms. The molecule has 6 nitrogen and oxygen atoms in total. The lowest BCUT2D eigenvalue weighted by Crippen LogP contribution is -2.67. The van der Waals surface area contributed by atoms with Gasteiger partial charge in [0.1, 0.15) is 0 Å². The van der Waals surface area contributed by atoms with Crippen molar-refractivity contribution in [2.45, 2.75) is 126 Å². The number of fused-ring (bicyclic) bond motifs is 7. The number of allylic oxidation sites excluding steroid dienone is 2. The van der Waals surface area contributed by atoms with Crippen LogP contribution in [-0.4, -0.2) is 42.4 Å². The Morgan fingerprint density at radius 3 is 2.27 bits per heavy atom. The number of hydrogen-bond acceptors (Lipinski definition) is 4. The van der Waals surface area contributed by atoms with E-state index in [0.29, 0.717) is 18.3 Å².